The molecule has 0 bridgehead atoms. The number of anilines is 1. The maximum absolute atomic E-state index is 13.3. The minimum absolute atomic E-state index is 0.168. The number of benzene rings is 2. The normalized spacial score (nSPS) is 11.0. The Hall–Kier alpha value is -3.40. The molecule has 0 saturated carbocycles. The van der Waals surface area contributed by atoms with Crippen LogP contribution >= 0.6 is 0 Å². The zero-order valence-corrected chi connectivity index (χ0v) is 16.6. The maximum atomic E-state index is 13.3. The van der Waals surface area contributed by atoms with Crippen LogP contribution in [0.4, 0.5) is 5.69 Å². The van der Waals surface area contributed by atoms with Gasteiger partial charge in [0.2, 0.25) is 0 Å². The molecule has 2 aromatic carbocycles. The number of nitrogens with zero attached hydrogens (tertiary/aromatic N) is 2. The Balaban J connectivity index is 1.85. The first-order valence-corrected chi connectivity index (χ1v) is 9.36. The predicted octanol–water partition coefficient (Wildman–Crippen LogP) is 5.49. The third-order valence-corrected chi connectivity index (χ3v) is 4.79. The average Bonchev–Trinajstić information content (AvgIpc) is 3.00. The molecule has 0 atom stereocenters. The van der Waals surface area contributed by atoms with Gasteiger partial charge >= 0.3 is 0 Å². The summed E-state index contributed by atoms with van der Waals surface area (Å²) in [5.74, 6) is -0.168. The highest BCUT2D eigenvalue weighted by Gasteiger charge is 2.21. The monoisotopic (exact) mass is 369 g/mol. The summed E-state index contributed by atoms with van der Waals surface area (Å²) < 4.78 is 1.88. The Morgan fingerprint density at radius 3 is 2.14 bits per heavy atom. The lowest BCUT2D eigenvalue weighted by molar-refractivity contribution is 0.102. The molecule has 1 N–H and O–H groups in total. The predicted molar refractivity (Wildman–Crippen MR) is 114 cm³/mol. The molecule has 0 unspecified atom stereocenters. The van der Waals surface area contributed by atoms with Gasteiger partial charge in [-0.25, -0.2) is 4.98 Å². The second kappa shape index (κ2) is 6.97. The van der Waals surface area contributed by atoms with Gasteiger partial charge in [-0.3, -0.25) is 9.20 Å². The van der Waals surface area contributed by atoms with Crippen molar-refractivity contribution in [2.24, 2.45) is 0 Å². The number of hydrogen-bond acceptors (Lipinski definition) is 2. The number of aryl methyl sites for hydroxylation is 4. The van der Waals surface area contributed by atoms with Crippen molar-refractivity contribution in [2.75, 3.05) is 5.32 Å². The van der Waals surface area contributed by atoms with Crippen molar-refractivity contribution in [3.63, 3.8) is 0 Å². The number of nitrogens with one attached hydrogen (secondary N) is 1. The number of imidazole rings is 1. The number of carbonyl (C=O) groups excluding carboxylic acids is 1. The minimum Gasteiger partial charge on any atom is -0.321 e. The summed E-state index contributed by atoms with van der Waals surface area (Å²) in [5.41, 5.74) is 8.18. The fraction of sp³-hybridized carbons (Fsp3) is 0.167. The van der Waals surface area contributed by atoms with Crippen molar-refractivity contribution < 1.29 is 4.79 Å². The van der Waals surface area contributed by atoms with Gasteiger partial charge in [0.1, 0.15) is 17.0 Å². The fourth-order valence-electron chi connectivity index (χ4n) is 3.52. The molecule has 4 rings (SSSR count). The van der Waals surface area contributed by atoms with Gasteiger partial charge < -0.3 is 5.32 Å². The van der Waals surface area contributed by atoms with Crippen molar-refractivity contribution >= 4 is 17.2 Å². The Labute approximate surface area is 164 Å². The van der Waals surface area contributed by atoms with Crippen LogP contribution in [0.1, 0.15) is 32.7 Å². The lowest BCUT2D eigenvalue weighted by atomic mass is 10.1. The van der Waals surface area contributed by atoms with E-state index in [0.717, 1.165) is 33.6 Å². The van der Waals surface area contributed by atoms with Crippen LogP contribution in [0, 0.1) is 27.7 Å². The Bertz CT molecular complexity index is 1170. The summed E-state index contributed by atoms with van der Waals surface area (Å²) in [7, 11) is 0. The van der Waals surface area contributed by atoms with Crippen molar-refractivity contribution in [3.8, 4) is 11.3 Å². The molecule has 28 heavy (non-hydrogen) atoms. The Morgan fingerprint density at radius 1 is 0.821 bits per heavy atom. The van der Waals surface area contributed by atoms with Crippen LogP contribution in [-0.2, 0) is 0 Å². The smallest absolute Gasteiger partial charge is 0.274 e. The number of carbonyl (C=O) groups is 1. The van der Waals surface area contributed by atoms with E-state index >= 15 is 0 Å². The van der Waals surface area contributed by atoms with E-state index in [1.165, 1.54) is 5.56 Å². The van der Waals surface area contributed by atoms with Crippen LogP contribution in [0.5, 0.6) is 0 Å². The topological polar surface area (TPSA) is 46.4 Å². The Morgan fingerprint density at radius 2 is 1.46 bits per heavy atom. The lowest BCUT2D eigenvalue weighted by Gasteiger charge is -2.10. The molecular weight excluding hydrogens is 346 g/mol. The third kappa shape index (κ3) is 3.41. The molecule has 0 aliphatic carbocycles. The van der Waals surface area contributed by atoms with E-state index < -0.39 is 0 Å². The van der Waals surface area contributed by atoms with E-state index in [0.29, 0.717) is 11.4 Å². The number of amides is 1. The molecule has 0 fully saturated rings. The van der Waals surface area contributed by atoms with Gasteiger partial charge in [0, 0.05) is 17.4 Å². The van der Waals surface area contributed by atoms with Gasteiger partial charge in [-0.1, -0.05) is 42.0 Å². The summed E-state index contributed by atoms with van der Waals surface area (Å²) in [5, 5.41) is 3.06. The summed E-state index contributed by atoms with van der Waals surface area (Å²) in [6, 6.07) is 18.1. The molecule has 2 aromatic heterocycles. The van der Waals surface area contributed by atoms with Crippen LogP contribution in [0.2, 0.25) is 0 Å². The van der Waals surface area contributed by atoms with Gasteiger partial charge in [-0.15, -0.1) is 0 Å². The first kappa shape index (κ1) is 18.0. The third-order valence-electron chi connectivity index (χ3n) is 4.79. The zero-order valence-electron chi connectivity index (χ0n) is 16.6. The van der Waals surface area contributed by atoms with Crippen molar-refractivity contribution in [1.29, 1.82) is 0 Å². The molecule has 0 spiro atoms. The number of hydrogen-bond donors (Lipinski definition) is 1. The van der Waals surface area contributed by atoms with E-state index in [9.17, 15) is 4.79 Å². The maximum Gasteiger partial charge on any atom is 0.274 e. The van der Waals surface area contributed by atoms with Gasteiger partial charge in [-0.05, 0) is 62.6 Å². The molecule has 4 heteroatoms. The second-order valence-electron chi connectivity index (χ2n) is 7.44. The van der Waals surface area contributed by atoms with Gasteiger partial charge in [0.15, 0.2) is 0 Å². The summed E-state index contributed by atoms with van der Waals surface area (Å²) >= 11 is 0. The zero-order chi connectivity index (χ0) is 19.8. The highest BCUT2D eigenvalue weighted by molar-refractivity contribution is 6.07. The second-order valence-corrected chi connectivity index (χ2v) is 7.44. The van der Waals surface area contributed by atoms with Crippen molar-refractivity contribution in [3.05, 3.63) is 88.7 Å². The SMILES string of the molecule is Cc1ccc(-c2nc3ccc(C)cn3c2C(=O)Nc2cc(C)cc(C)c2)cc1. The molecule has 2 heterocycles. The molecule has 4 aromatic rings. The van der Waals surface area contributed by atoms with Gasteiger partial charge in [-0.2, -0.15) is 0 Å². The number of pyridine rings is 1. The number of aromatic nitrogens is 2. The van der Waals surface area contributed by atoms with Crippen molar-refractivity contribution in [1.82, 2.24) is 9.38 Å². The van der Waals surface area contributed by atoms with E-state index in [1.54, 1.807) is 0 Å². The van der Waals surface area contributed by atoms with E-state index in [-0.39, 0.29) is 5.91 Å². The van der Waals surface area contributed by atoms with Crippen molar-refractivity contribution in [2.45, 2.75) is 27.7 Å². The van der Waals surface area contributed by atoms with Crippen LogP contribution in [-0.4, -0.2) is 15.3 Å². The standard InChI is InChI=1S/C24H23N3O/c1-15-5-8-19(9-6-15)22-23(27-14-16(2)7-10-21(27)26-22)24(28)25-20-12-17(3)11-18(4)13-20/h5-14H,1-4H3,(H,25,28). The van der Waals surface area contributed by atoms with Crippen LogP contribution in [0.3, 0.4) is 0 Å². The van der Waals surface area contributed by atoms with Crippen LogP contribution in [0.15, 0.2) is 60.8 Å². The number of fused-ring (bicyclic) bond motifs is 1. The van der Waals surface area contributed by atoms with E-state index in [1.807, 2.05) is 86.8 Å². The molecular formula is C24H23N3O. The summed E-state index contributed by atoms with van der Waals surface area (Å²) in [6.45, 7) is 8.11. The lowest BCUT2D eigenvalue weighted by Crippen LogP contribution is -2.15. The molecule has 140 valence electrons. The van der Waals surface area contributed by atoms with Gasteiger partial charge in [0.25, 0.3) is 5.91 Å². The first-order valence-electron chi connectivity index (χ1n) is 9.36. The highest BCUT2D eigenvalue weighted by Crippen LogP contribution is 2.26. The van der Waals surface area contributed by atoms with E-state index in [4.69, 9.17) is 4.98 Å². The average molecular weight is 369 g/mol. The summed E-state index contributed by atoms with van der Waals surface area (Å²) in [6.07, 6.45) is 1.95. The molecule has 0 aliphatic rings. The summed E-state index contributed by atoms with van der Waals surface area (Å²) in [4.78, 5) is 18.1. The van der Waals surface area contributed by atoms with Crippen LogP contribution < -0.4 is 5.32 Å². The fourth-order valence-corrected chi connectivity index (χ4v) is 3.52. The largest absolute Gasteiger partial charge is 0.321 e. The molecule has 0 saturated heterocycles. The minimum atomic E-state index is -0.168. The van der Waals surface area contributed by atoms with E-state index in [2.05, 4.69) is 11.4 Å². The number of rotatable bonds is 3. The molecule has 1 amide bonds. The highest BCUT2D eigenvalue weighted by atomic mass is 16.2. The molecule has 4 nitrogen and oxygen atoms in total. The van der Waals surface area contributed by atoms with Gasteiger partial charge in [0.05, 0.1) is 0 Å². The molecule has 0 aliphatic heterocycles. The molecule has 0 radical (unpaired) electrons. The first-order chi connectivity index (χ1) is 13.4. The Kier molecular flexibility index (Phi) is 4.47. The quantitative estimate of drug-likeness (QED) is 0.519. The van der Waals surface area contributed by atoms with Crippen LogP contribution in [0.25, 0.3) is 16.9 Å².